The van der Waals surface area contributed by atoms with Crippen molar-refractivity contribution in [3.05, 3.63) is 176 Å². The summed E-state index contributed by atoms with van der Waals surface area (Å²) in [6, 6.07) is 60.3. The van der Waals surface area contributed by atoms with Crippen LogP contribution in [0.4, 0.5) is 0 Å². The minimum absolute atomic E-state index is 0.620. The number of aromatic nitrogens is 3. The summed E-state index contributed by atoms with van der Waals surface area (Å²) in [6.45, 7) is 0. The number of para-hydroxylation sites is 3. The van der Waals surface area contributed by atoms with Crippen molar-refractivity contribution in [1.29, 1.82) is 0 Å². The molecule has 5 nitrogen and oxygen atoms in total. The van der Waals surface area contributed by atoms with Crippen molar-refractivity contribution in [3.8, 4) is 56.4 Å². The highest BCUT2D eigenvalue weighted by Gasteiger charge is 2.21. The van der Waals surface area contributed by atoms with E-state index in [1.54, 1.807) is 0 Å². The summed E-state index contributed by atoms with van der Waals surface area (Å²) in [5, 5.41) is 6.47. The van der Waals surface area contributed by atoms with Gasteiger partial charge in [-0.15, -0.1) is 0 Å². The first kappa shape index (κ1) is 30.3. The standard InChI is InChI=1S/C49H29N3O2/c1-3-14-30(15-4-1)47-50-48(31-16-5-2-6-17-31)52-49(51-47)39-27-26-36(34-18-7-8-19-35(34)39)41-28-32(29-44-45(41)40-21-10-12-25-43(40)53-44)33-22-13-23-38-37-20-9-11-24-42(37)54-46(33)38/h1-29H. The van der Waals surface area contributed by atoms with Crippen molar-refractivity contribution in [2.45, 2.75) is 0 Å². The molecule has 0 aliphatic heterocycles. The lowest BCUT2D eigenvalue weighted by Crippen LogP contribution is -2.00. The van der Waals surface area contributed by atoms with Gasteiger partial charge in [-0.1, -0.05) is 146 Å². The Morgan fingerprint density at radius 3 is 1.54 bits per heavy atom. The molecule has 0 radical (unpaired) electrons. The van der Waals surface area contributed by atoms with Crippen LogP contribution in [-0.2, 0) is 0 Å². The third kappa shape index (κ3) is 4.83. The van der Waals surface area contributed by atoms with Gasteiger partial charge in [0, 0.05) is 43.8 Å². The predicted octanol–water partition coefficient (Wildman–Crippen LogP) is 13.2. The van der Waals surface area contributed by atoms with E-state index < -0.39 is 0 Å². The SMILES string of the molecule is c1ccc(-c2nc(-c3ccccc3)nc(-c3ccc(-c4cc(-c5cccc6c5oc5ccccc56)cc5oc6ccccc6c45)c4ccccc34)n2)cc1. The number of hydrogen-bond donors (Lipinski definition) is 0. The largest absolute Gasteiger partial charge is 0.456 e. The van der Waals surface area contributed by atoms with Gasteiger partial charge >= 0.3 is 0 Å². The Morgan fingerprint density at radius 1 is 0.296 bits per heavy atom. The van der Waals surface area contributed by atoms with Gasteiger partial charge in [-0.25, -0.2) is 15.0 Å². The molecular weight excluding hydrogens is 663 g/mol. The first-order chi connectivity index (χ1) is 26.8. The number of fused-ring (bicyclic) bond motifs is 7. The van der Waals surface area contributed by atoms with Crippen LogP contribution in [0.15, 0.2) is 185 Å². The van der Waals surface area contributed by atoms with Crippen molar-refractivity contribution in [2.24, 2.45) is 0 Å². The molecule has 0 N–H and O–H groups in total. The first-order valence-corrected chi connectivity index (χ1v) is 18.0. The molecule has 3 heterocycles. The van der Waals surface area contributed by atoms with Gasteiger partial charge in [0.2, 0.25) is 0 Å². The molecule has 11 rings (SSSR count). The Kier molecular flexibility index (Phi) is 6.79. The summed E-state index contributed by atoms with van der Waals surface area (Å²) >= 11 is 0. The van der Waals surface area contributed by atoms with E-state index in [0.717, 1.165) is 93.6 Å². The van der Waals surface area contributed by atoms with Crippen molar-refractivity contribution >= 4 is 54.6 Å². The molecule has 0 unspecified atom stereocenters. The molecule has 0 aliphatic carbocycles. The molecule has 0 saturated heterocycles. The van der Waals surface area contributed by atoms with Gasteiger partial charge in [-0.05, 0) is 57.8 Å². The zero-order chi connectivity index (χ0) is 35.6. The van der Waals surface area contributed by atoms with Gasteiger partial charge in [0.1, 0.15) is 22.3 Å². The highest BCUT2D eigenvalue weighted by Crippen LogP contribution is 2.45. The molecule has 0 amide bonds. The maximum atomic E-state index is 6.61. The fraction of sp³-hybridized carbons (Fsp3) is 0. The Balaban J connectivity index is 1.17. The van der Waals surface area contributed by atoms with Crippen LogP contribution in [0.5, 0.6) is 0 Å². The van der Waals surface area contributed by atoms with Crippen molar-refractivity contribution in [1.82, 2.24) is 15.0 Å². The van der Waals surface area contributed by atoms with Gasteiger partial charge in [0.15, 0.2) is 17.5 Å². The summed E-state index contributed by atoms with van der Waals surface area (Å²) in [6.07, 6.45) is 0. The van der Waals surface area contributed by atoms with E-state index in [2.05, 4.69) is 91.0 Å². The van der Waals surface area contributed by atoms with Crippen LogP contribution in [0.1, 0.15) is 0 Å². The lowest BCUT2D eigenvalue weighted by atomic mass is 9.89. The van der Waals surface area contributed by atoms with Crippen LogP contribution >= 0.6 is 0 Å². The van der Waals surface area contributed by atoms with Crippen LogP contribution in [0.25, 0.3) is 111 Å². The van der Waals surface area contributed by atoms with Gasteiger partial charge in [-0.2, -0.15) is 0 Å². The van der Waals surface area contributed by atoms with E-state index in [1.807, 2.05) is 84.9 Å². The van der Waals surface area contributed by atoms with Crippen molar-refractivity contribution in [3.63, 3.8) is 0 Å². The molecule has 8 aromatic carbocycles. The number of hydrogen-bond acceptors (Lipinski definition) is 5. The summed E-state index contributed by atoms with van der Waals surface area (Å²) < 4.78 is 13.1. The summed E-state index contributed by atoms with van der Waals surface area (Å²) in [4.78, 5) is 15.1. The fourth-order valence-electron chi connectivity index (χ4n) is 7.85. The number of benzene rings is 8. The normalized spacial score (nSPS) is 11.7. The summed E-state index contributed by atoms with van der Waals surface area (Å²) in [5.74, 6) is 1.88. The van der Waals surface area contributed by atoms with Crippen LogP contribution in [-0.4, -0.2) is 15.0 Å². The van der Waals surface area contributed by atoms with E-state index in [4.69, 9.17) is 23.8 Å². The third-order valence-corrected chi connectivity index (χ3v) is 10.3. The second kappa shape index (κ2) is 12.1. The minimum atomic E-state index is 0.620. The van der Waals surface area contributed by atoms with Gasteiger partial charge < -0.3 is 8.83 Å². The van der Waals surface area contributed by atoms with Gasteiger partial charge in [-0.3, -0.25) is 0 Å². The van der Waals surface area contributed by atoms with E-state index in [-0.39, 0.29) is 0 Å². The molecule has 0 aliphatic rings. The predicted molar refractivity (Wildman–Crippen MR) is 219 cm³/mol. The molecule has 0 saturated carbocycles. The Labute approximate surface area is 309 Å². The lowest BCUT2D eigenvalue weighted by molar-refractivity contribution is 0.668. The smallest absolute Gasteiger partial charge is 0.164 e. The second-order valence-corrected chi connectivity index (χ2v) is 13.5. The maximum absolute atomic E-state index is 6.61. The molecule has 0 spiro atoms. The Morgan fingerprint density at radius 2 is 0.833 bits per heavy atom. The molecule has 11 aromatic rings. The second-order valence-electron chi connectivity index (χ2n) is 13.5. The quantitative estimate of drug-likeness (QED) is 0.180. The first-order valence-electron chi connectivity index (χ1n) is 18.0. The van der Waals surface area contributed by atoms with Crippen molar-refractivity contribution < 1.29 is 8.83 Å². The highest BCUT2D eigenvalue weighted by molar-refractivity contribution is 6.18. The number of rotatable bonds is 5. The maximum Gasteiger partial charge on any atom is 0.164 e. The average molecular weight is 692 g/mol. The van der Waals surface area contributed by atoms with Crippen LogP contribution in [0.2, 0.25) is 0 Å². The van der Waals surface area contributed by atoms with E-state index in [9.17, 15) is 0 Å². The zero-order valence-corrected chi connectivity index (χ0v) is 28.9. The fourth-order valence-corrected chi connectivity index (χ4v) is 7.85. The molecule has 54 heavy (non-hydrogen) atoms. The Hall–Kier alpha value is -7.37. The molecule has 252 valence electrons. The average Bonchev–Trinajstić information content (AvgIpc) is 3.82. The van der Waals surface area contributed by atoms with Crippen molar-refractivity contribution in [2.75, 3.05) is 0 Å². The summed E-state index contributed by atoms with van der Waals surface area (Å²) in [5.41, 5.74) is 10.4. The topological polar surface area (TPSA) is 65.0 Å². The van der Waals surface area contributed by atoms with E-state index in [0.29, 0.717) is 17.5 Å². The Bertz CT molecular complexity index is 3160. The minimum Gasteiger partial charge on any atom is -0.456 e. The molecule has 0 fully saturated rings. The van der Waals surface area contributed by atoms with Gasteiger partial charge in [0.05, 0.1) is 0 Å². The van der Waals surface area contributed by atoms with E-state index >= 15 is 0 Å². The lowest BCUT2D eigenvalue weighted by Gasteiger charge is -2.15. The monoisotopic (exact) mass is 691 g/mol. The molecule has 3 aromatic heterocycles. The molecular formula is C49H29N3O2. The molecule has 0 bridgehead atoms. The van der Waals surface area contributed by atoms with Crippen LogP contribution in [0, 0.1) is 0 Å². The van der Waals surface area contributed by atoms with Gasteiger partial charge in [0.25, 0.3) is 0 Å². The van der Waals surface area contributed by atoms with Crippen LogP contribution < -0.4 is 0 Å². The number of furan rings is 2. The summed E-state index contributed by atoms with van der Waals surface area (Å²) in [7, 11) is 0. The zero-order valence-electron chi connectivity index (χ0n) is 28.9. The molecule has 5 heteroatoms. The van der Waals surface area contributed by atoms with E-state index in [1.165, 1.54) is 0 Å². The highest BCUT2D eigenvalue weighted by atomic mass is 16.3. The number of nitrogens with zero attached hydrogens (tertiary/aromatic N) is 3. The molecule has 0 atom stereocenters. The van der Waals surface area contributed by atoms with Crippen LogP contribution in [0.3, 0.4) is 0 Å². The third-order valence-electron chi connectivity index (χ3n) is 10.3.